The smallest absolute Gasteiger partial charge is 0.242 e. The number of anilines is 1. The SMILES string of the molecule is Cc1ccc(N2C(=O)CCS2(=O)=O)cc1S(=O)(=O)NCC(C)N1CCOCC1. The Balaban J connectivity index is 1.80. The second-order valence-corrected chi connectivity index (χ2v) is 10.7. The van der Waals surface area contributed by atoms with Gasteiger partial charge in [-0.25, -0.2) is 25.9 Å². The molecule has 1 aromatic rings. The Hall–Kier alpha value is -1.53. The number of carbonyl (C=O) groups is 1. The summed E-state index contributed by atoms with van der Waals surface area (Å²) >= 11 is 0. The van der Waals surface area contributed by atoms with Crippen LogP contribution < -0.4 is 9.03 Å². The molecule has 28 heavy (non-hydrogen) atoms. The zero-order valence-electron chi connectivity index (χ0n) is 15.9. The molecule has 0 aliphatic carbocycles. The minimum absolute atomic E-state index is 0.0114. The average molecular weight is 432 g/mol. The number of morpholine rings is 1. The average Bonchev–Trinajstić information content (AvgIpc) is 2.93. The third-order valence-corrected chi connectivity index (χ3v) is 8.27. The number of hydrogen-bond acceptors (Lipinski definition) is 7. The molecular weight excluding hydrogens is 406 g/mol. The number of amides is 1. The van der Waals surface area contributed by atoms with Crippen LogP contribution in [0.25, 0.3) is 0 Å². The van der Waals surface area contributed by atoms with Crippen molar-refractivity contribution in [3.05, 3.63) is 23.8 Å². The second kappa shape index (κ2) is 8.07. The monoisotopic (exact) mass is 431 g/mol. The third-order valence-electron chi connectivity index (χ3n) is 5.01. The van der Waals surface area contributed by atoms with E-state index in [1.54, 1.807) is 6.92 Å². The van der Waals surface area contributed by atoms with Gasteiger partial charge in [-0.05, 0) is 31.5 Å². The molecule has 9 nitrogen and oxygen atoms in total. The molecule has 2 heterocycles. The quantitative estimate of drug-likeness (QED) is 0.678. The van der Waals surface area contributed by atoms with Crippen LogP contribution >= 0.6 is 0 Å². The maximum atomic E-state index is 12.8. The van der Waals surface area contributed by atoms with Gasteiger partial charge >= 0.3 is 0 Å². The molecular formula is C17H25N3O6S2. The highest BCUT2D eigenvalue weighted by atomic mass is 32.2. The standard InChI is InChI=1S/C17H25N3O6S2/c1-13-3-4-15(20-17(21)5-10-27(20,22)23)11-16(13)28(24,25)18-12-14(2)19-6-8-26-9-7-19/h3-4,11,14,18H,5-10,12H2,1-2H3. The first kappa shape index (κ1) is 21.2. The number of ether oxygens (including phenoxy) is 1. The van der Waals surface area contributed by atoms with Gasteiger partial charge in [-0.1, -0.05) is 6.07 Å². The molecule has 1 amide bonds. The van der Waals surface area contributed by atoms with Gasteiger partial charge in [0.1, 0.15) is 0 Å². The van der Waals surface area contributed by atoms with E-state index in [1.165, 1.54) is 18.2 Å². The predicted molar refractivity (Wildman–Crippen MR) is 104 cm³/mol. The number of benzene rings is 1. The summed E-state index contributed by atoms with van der Waals surface area (Å²) < 4.78 is 58.6. The lowest BCUT2D eigenvalue weighted by Gasteiger charge is -2.32. The van der Waals surface area contributed by atoms with Crippen LogP contribution in [0.1, 0.15) is 18.9 Å². The fourth-order valence-electron chi connectivity index (χ4n) is 3.33. The maximum absolute atomic E-state index is 12.8. The van der Waals surface area contributed by atoms with Crippen molar-refractivity contribution < 1.29 is 26.4 Å². The van der Waals surface area contributed by atoms with E-state index in [0.29, 0.717) is 23.1 Å². The molecule has 0 radical (unpaired) electrons. The number of nitrogens with zero attached hydrogens (tertiary/aromatic N) is 2. The Labute approximate surface area is 165 Å². The summed E-state index contributed by atoms with van der Waals surface area (Å²) in [6.07, 6.45) is -0.104. The van der Waals surface area contributed by atoms with Crippen molar-refractivity contribution in [2.75, 3.05) is 42.9 Å². The molecule has 0 saturated carbocycles. The van der Waals surface area contributed by atoms with Crippen molar-refractivity contribution in [1.82, 2.24) is 9.62 Å². The summed E-state index contributed by atoms with van der Waals surface area (Å²) in [6, 6.07) is 4.20. The molecule has 1 unspecified atom stereocenters. The minimum Gasteiger partial charge on any atom is -0.379 e. The van der Waals surface area contributed by atoms with E-state index in [4.69, 9.17) is 4.74 Å². The summed E-state index contributed by atoms with van der Waals surface area (Å²) in [7, 11) is -7.63. The van der Waals surface area contributed by atoms with Crippen molar-refractivity contribution in [1.29, 1.82) is 0 Å². The number of rotatable bonds is 6. The lowest BCUT2D eigenvalue weighted by atomic mass is 10.2. The summed E-state index contributed by atoms with van der Waals surface area (Å²) in [5, 5.41) is 0. The summed E-state index contributed by atoms with van der Waals surface area (Å²) in [4.78, 5) is 14.1. The number of carbonyl (C=O) groups excluding carboxylic acids is 1. The van der Waals surface area contributed by atoms with Crippen molar-refractivity contribution in [3.8, 4) is 0 Å². The van der Waals surface area contributed by atoms with E-state index in [-0.39, 0.29) is 35.3 Å². The van der Waals surface area contributed by atoms with E-state index < -0.39 is 26.0 Å². The summed E-state index contributed by atoms with van der Waals surface area (Å²) in [5.41, 5.74) is 0.522. The lowest BCUT2D eigenvalue weighted by molar-refractivity contribution is -0.116. The molecule has 1 N–H and O–H groups in total. The number of aryl methyl sites for hydroxylation is 1. The Bertz CT molecular complexity index is 955. The number of nitrogens with one attached hydrogen (secondary N) is 1. The first-order valence-corrected chi connectivity index (χ1v) is 12.2. The highest BCUT2D eigenvalue weighted by Crippen LogP contribution is 2.29. The van der Waals surface area contributed by atoms with Gasteiger partial charge in [0.25, 0.3) is 0 Å². The van der Waals surface area contributed by atoms with Gasteiger partial charge in [-0.3, -0.25) is 9.69 Å². The number of sulfonamides is 2. The molecule has 156 valence electrons. The van der Waals surface area contributed by atoms with Crippen LogP contribution in [-0.2, 0) is 29.6 Å². The first-order chi connectivity index (χ1) is 13.1. The normalized spacial score (nSPS) is 21.8. The molecule has 2 saturated heterocycles. The Morgan fingerprint density at radius 2 is 1.93 bits per heavy atom. The molecule has 1 aromatic carbocycles. The second-order valence-electron chi connectivity index (χ2n) is 7.02. The molecule has 0 spiro atoms. The van der Waals surface area contributed by atoms with E-state index in [9.17, 15) is 21.6 Å². The summed E-state index contributed by atoms with van der Waals surface area (Å²) in [6.45, 7) is 6.51. The molecule has 1 atom stereocenters. The van der Waals surface area contributed by atoms with Gasteiger partial charge in [-0.2, -0.15) is 0 Å². The molecule has 11 heteroatoms. The molecule has 2 aliphatic rings. The van der Waals surface area contributed by atoms with Gasteiger partial charge in [0.2, 0.25) is 26.0 Å². The van der Waals surface area contributed by atoms with Crippen LogP contribution in [0.5, 0.6) is 0 Å². The van der Waals surface area contributed by atoms with Crippen molar-refractivity contribution >= 4 is 31.6 Å². The summed E-state index contributed by atoms with van der Waals surface area (Å²) in [5.74, 6) is -0.821. The van der Waals surface area contributed by atoms with E-state index in [2.05, 4.69) is 9.62 Å². The van der Waals surface area contributed by atoms with Crippen LogP contribution in [0.15, 0.2) is 23.1 Å². The van der Waals surface area contributed by atoms with Gasteiger partial charge < -0.3 is 4.74 Å². The third kappa shape index (κ3) is 4.38. The predicted octanol–water partition coefficient (Wildman–Crippen LogP) is 0.0605. The van der Waals surface area contributed by atoms with Crippen LogP contribution in [-0.4, -0.2) is 72.3 Å². The Kier molecular flexibility index (Phi) is 6.11. The molecule has 0 bridgehead atoms. The van der Waals surface area contributed by atoms with Gasteiger partial charge in [-0.15, -0.1) is 0 Å². The molecule has 2 aliphatic heterocycles. The van der Waals surface area contributed by atoms with Crippen LogP contribution in [0.3, 0.4) is 0 Å². The van der Waals surface area contributed by atoms with Crippen LogP contribution in [0.2, 0.25) is 0 Å². The van der Waals surface area contributed by atoms with E-state index in [1.807, 2.05) is 6.92 Å². The molecule has 0 aromatic heterocycles. The maximum Gasteiger partial charge on any atom is 0.242 e. The number of hydrogen-bond donors (Lipinski definition) is 1. The van der Waals surface area contributed by atoms with Gasteiger partial charge in [0.15, 0.2) is 0 Å². The van der Waals surface area contributed by atoms with Crippen LogP contribution in [0, 0.1) is 6.92 Å². The van der Waals surface area contributed by atoms with Gasteiger partial charge in [0, 0.05) is 32.1 Å². The first-order valence-electron chi connectivity index (χ1n) is 9.10. The van der Waals surface area contributed by atoms with Crippen molar-refractivity contribution in [2.45, 2.75) is 31.2 Å². The highest BCUT2D eigenvalue weighted by Gasteiger charge is 2.37. The van der Waals surface area contributed by atoms with Crippen LogP contribution in [0.4, 0.5) is 5.69 Å². The van der Waals surface area contributed by atoms with E-state index in [0.717, 1.165) is 13.1 Å². The highest BCUT2D eigenvalue weighted by molar-refractivity contribution is 7.94. The Morgan fingerprint density at radius 1 is 1.25 bits per heavy atom. The fraction of sp³-hybridized carbons (Fsp3) is 0.588. The fourth-order valence-corrected chi connectivity index (χ4v) is 6.16. The topological polar surface area (TPSA) is 113 Å². The molecule has 3 rings (SSSR count). The molecule has 2 fully saturated rings. The largest absolute Gasteiger partial charge is 0.379 e. The minimum atomic E-state index is -3.87. The van der Waals surface area contributed by atoms with Crippen molar-refractivity contribution in [3.63, 3.8) is 0 Å². The van der Waals surface area contributed by atoms with E-state index >= 15 is 0 Å². The zero-order chi connectivity index (χ0) is 20.5. The zero-order valence-corrected chi connectivity index (χ0v) is 17.6. The van der Waals surface area contributed by atoms with Gasteiger partial charge in [0.05, 0.1) is 29.5 Å². The lowest BCUT2D eigenvalue weighted by Crippen LogP contribution is -2.47. The van der Waals surface area contributed by atoms with Crippen molar-refractivity contribution in [2.24, 2.45) is 0 Å². The Morgan fingerprint density at radius 3 is 2.54 bits per heavy atom.